The third-order valence-corrected chi connectivity index (χ3v) is 2.88. The monoisotopic (exact) mass is 259 g/mol. The average molecular weight is 260 g/mol. The Hall–Kier alpha value is -0.570. The Kier molecular flexibility index (Phi) is 4.39. The molecule has 0 amide bonds. The molecule has 1 nitrogen and oxygen atoms in total. The van der Waals surface area contributed by atoms with Gasteiger partial charge in [-0.1, -0.05) is 20.3 Å². The first kappa shape index (κ1) is 11.5. The Bertz CT molecular complexity index is 301. The lowest BCUT2D eigenvalue weighted by molar-refractivity contribution is 0.593. The Morgan fingerprint density at radius 1 is 1.50 bits per heavy atom. The van der Waals surface area contributed by atoms with Crippen LogP contribution < -0.4 is 5.32 Å². The van der Waals surface area contributed by atoms with Crippen LogP contribution in [0.1, 0.15) is 20.3 Å². The zero-order chi connectivity index (χ0) is 10.6. The van der Waals surface area contributed by atoms with Gasteiger partial charge in [-0.15, -0.1) is 0 Å². The Labute approximate surface area is 92.8 Å². The van der Waals surface area contributed by atoms with E-state index in [1.54, 1.807) is 12.1 Å². The maximum Gasteiger partial charge on any atom is 0.137 e. The van der Waals surface area contributed by atoms with Gasteiger partial charge in [-0.05, 0) is 40.0 Å². The van der Waals surface area contributed by atoms with Gasteiger partial charge in [-0.3, -0.25) is 0 Å². The molecule has 0 saturated carbocycles. The lowest BCUT2D eigenvalue weighted by Crippen LogP contribution is -2.10. The molecule has 1 atom stereocenters. The maximum absolute atomic E-state index is 12.9. The van der Waals surface area contributed by atoms with Crippen LogP contribution in [0.4, 0.5) is 10.1 Å². The molecule has 0 aliphatic carbocycles. The highest BCUT2D eigenvalue weighted by molar-refractivity contribution is 9.10. The minimum Gasteiger partial charge on any atom is -0.385 e. The Morgan fingerprint density at radius 2 is 2.21 bits per heavy atom. The molecule has 0 aromatic heterocycles. The summed E-state index contributed by atoms with van der Waals surface area (Å²) in [5.41, 5.74) is 0.957. The number of rotatable bonds is 4. The summed E-state index contributed by atoms with van der Waals surface area (Å²) in [6, 6.07) is 4.98. The fourth-order valence-electron chi connectivity index (χ4n) is 1.04. The van der Waals surface area contributed by atoms with Crippen LogP contribution in [0.2, 0.25) is 0 Å². The molecule has 1 N–H and O–H groups in total. The van der Waals surface area contributed by atoms with Crippen molar-refractivity contribution >= 4 is 21.6 Å². The fraction of sp³-hybridized carbons (Fsp3) is 0.455. The van der Waals surface area contributed by atoms with Crippen LogP contribution >= 0.6 is 15.9 Å². The molecule has 0 bridgehead atoms. The molecule has 3 heteroatoms. The van der Waals surface area contributed by atoms with E-state index >= 15 is 0 Å². The van der Waals surface area contributed by atoms with Crippen LogP contribution in [0, 0.1) is 11.7 Å². The van der Waals surface area contributed by atoms with Crippen molar-refractivity contribution in [3.05, 3.63) is 28.5 Å². The molecule has 1 aromatic carbocycles. The maximum atomic E-state index is 12.9. The van der Waals surface area contributed by atoms with Gasteiger partial charge in [-0.2, -0.15) is 0 Å². The number of anilines is 1. The van der Waals surface area contributed by atoms with Crippen LogP contribution in [0.25, 0.3) is 0 Å². The molecule has 1 rings (SSSR count). The second-order valence-electron chi connectivity index (χ2n) is 3.52. The molecule has 0 aliphatic heterocycles. The van der Waals surface area contributed by atoms with E-state index in [2.05, 4.69) is 35.1 Å². The third-order valence-electron chi connectivity index (χ3n) is 2.27. The van der Waals surface area contributed by atoms with Gasteiger partial charge in [0.1, 0.15) is 5.82 Å². The van der Waals surface area contributed by atoms with Crippen molar-refractivity contribution in [1.29, 1.82) is 0 Å². The molecule has 0 fully saturated rings. The van der Waals surface area contributed by atoms with Crippen molar-refractivity contribution in [2.24, 2.45) is 5.92 Å². The SMILES string of the molecule is CCC(C)CNc1ccc(F)c(Br)c1. The molecule has 0 saturated heterocycles. The van der Waals surface area contributed by atoms with Crippen LogP contribution in [0.3, 0.4) is 0 Å². The number of halogens is 2. The molecule has 1 aromatic rings. The van der Waals surface area contributed by atoms with Crippen LogP contribution in [-0.4, -0.2) is 6.54 Å². The van der Waals surface area contributed by atoms with Crippen LogP contribution in [0.15, 0.2) is 22.7 Å². The minimum atomic E-state index is -0.223. The smallest absolute Gasteiger partial charge is 0.137 e. The normalized spacial score (nSPS) is 12.6. The highest BCUT2D eigenvalue weighted by Crippen LogP contribution is 2.20. The number of nitrogens with one attached hydrogen (secondary N) is 1. The van der Waals surface area contributed by atoms with Crippen molar-refractivity contribution in [1.82, 2.24) is 0 Å². The lowest BCUT2D eigenvalue weighted by atomic mass is 10.1. The standard InChI is InChI=1S/C11H15BrFN/c1-3-8(2)7-14-9-4-5-11(13)10(12)6-9/h4-6,8,14H,3,7H2,1-2H3. The van der Waals surface area contributed by atoms with Gasteiger partial charge >= 0.3 is 0 Å². The first-order chi connectivity index (χ1) is 6.63. The van der Waals surface area contributed by atoms with Crippen molar-refractivity contribution in [3.63, 3.8) is 0 Å². The summed E-state index contributed by atoms with van der Waals surface area (Å²) in [4.78, 5) is 0. The third kappa shape index (κ3) is 3.29. The summed E-state index contributed by atoms with van der Waals surface area (Å²) in [5.74, 6) is 0.415. The second kappa shape index (κ2) is 5.35. The van der Waals surface area contributed by atoms with E-state index in [1.165, 1.54) is 6.07 Å². The molecule has 0 aliphatic rings. The van der Waals surface area contributed by atoms with Crippen LogP contribution in [-0.2, 0) is 0 Å². The fourth-order valence-corrected chi connectivity index (χ4v) is 1.42. The molecule has 78 valence electrons. The van der Waals surface area contributed by atoms with E-state index in [9.17, 15) is 4.39 Å². The zero-order valence-electron chi connectivity index (χ0n) is 8.48. The summed E-state index contributed by atoms with van der Waals surface area (Å²) < 4.78 is 13.4. The first-order valence-electron chi connectivity index (χ1n) is 4.82. The van der Waals surface area contributed by atoms with Gasteiger partial charge in [0.2, 0.25) is 0 Å². The summed E-state index contributed by atoms with van der Waals surface area (Å²) in [6.45, 7) is 5.27. The molecule has 1 unspecified atom stereocenters. The predicted molar refractivity (Wildman–Crippen MR) is 62.0 cm³/mol. The first-order valence-corrected chi connectivity index (χ1v) is 5.61. The summed E-state index contributed by atoms with van der Waals surface area (Å²) in [7, 11) is 0. The highest BCUT2D eigenvalue weighted by Gasteiger charge is 2.01. The average Bonchev–Trinajstić information content (AvgIpc) is 2.19. The van der Waals surface area contributed by atoms with Crippen molar-refractivity contribution in [3.8, 4) is 0 Å². The van der Waals surface area contributed by atoms with E-state index in [4.69, 9.17) is 0 Å². The van der Waals surface area contributed by atoms with Crippen LogP contribution in [0.5, 0.6) is 0 Å². The molecular weight excluding hydrogens is 245 g/mol. The lowest BCUT2D eigenvalue weighted by Gasteiger charge is -2.11. The number of hydrogen-bond acceptors (Lipinski definition) is 1. The van der Waals surface area contributed by atoms with Gasteiger partial charge < -0.3 is 5.32 Å². The quantitative estimate of drug-likeness (QED) is 0.861. The molecule has 0 spiro atoms. The molecule has 14 heavy (non-hydrogen) atoms. The van der Waals surface area contributed by atoms with E-state index < -0.39 is 0 Å². The number of hydrogen-bond donors (Lipinski definition) is 1. The van der Waals surface area contributed by atoms with E-state index in [1.807, 2.05) is 0 Å². The number of benzene rings is 1. The van der Waals surface area contributed by atoms with Gasteiger partial charge in [0.15, 0.2) is 0 Å². The van der Waals surface area contributed by atoms with Gasteiger partial charge in [0.05, 0.1) is 4.47 Å². The minimum absolute atomic E-state index is 0.223. The topological polar surface area (TPSA) is 12.0 Å². The highest BCUT2D eigenvalue weighted by atomic mass is 79.9. The Morgan fingerprint density at radius 3 is 2.79 bits per heavy atom. The summed E-state index contributed by atoms with van der Waals surface area (Å²) >= 11 is 3.16. The molecule has 0 heterocycles. The van der Waals surface area contributed by atoms with Crippen molar-refractivity contribution in [2.75, 3.05) is 11.9 Å². The van der Waals surface area contributed by atoms with Gasteiger partial charge in [0, 0.05) is 12.2 Å². The van der Waals surface area contributed by atoms with Crippen molar-refractivity contribution in [2.45, 2.75) is 20.3 Å². The van der Waals surface area contributed by atoms with Crippen molar-refractivity contribution < 1.29 is 4.39 Å². The largest absolute Gasteiger partial charge is 0.385 e. The summed E-state index contributed by atoms with van der Waals surface area (Å²) in [5, 5.41) is 3.27. The van der Waals surface area contributed by atoms with Gasteiger partial charge in [0.25, 0.3) is 0 Å². The zero-order valence-corrected chi connectivity index (χ0v) is 10.1. The van der Waals surface area contributed by atoms with E-state index in [0.29, 0.717) is 10.4 Å². The summed E-state index contributed by atoms with van der Waals surface area (Å²) in [6.07, 6.45) is 1.15. The van der Waals surface area contributed by atoms with E-state index in [-0.39, 0.29) is 5.82 Å². The molecule has 0 radical (unpaired) electrons. The van der Waals surface area contributed by atoms with Gasteiger partial charge in [-0.25, -0.2) is 4.39 Å². The Balaban J connectivity index is 2.55. The molecular formula is C11H15BrFN. The second-order valence-corrected chi connectivity index (χ2v) is 4.38. The predicted octanol–water partition coefficient (Wildman–Crippen LogP) is 4.05. The van der Waals surface area contributed by atoms with E-state index in [0.717, 1.165) is 18.7 Å².